The highest BCUT2D eigenvalue weighted by atomic mass is 32.2. The van der Waals surface area contributed by atoms with Crippen LogP contribution in [0.4, 0.5) is 5.69 Å². The Hall–Kier alpha value is -2.22. The zero-order chi connectivity index (χ0) is 18.6. The minimum atomic E-state index is -3.50. The lowest BCUT2D eigenvalue weighted by Crippen LogP contribution is -2.22. The van der Waals surface area contributed by atoms with Crippen LogP contribution in [0.3, 0.4) is 0 Å². The average Bonchev–Trinajstić information content (AvgIpc) is 2.56. The number of carbonyl (C=O) groups excluding carboxylic acids is 1. The van der Waals surface area contributed by atoms with Crippen LogP contribution in [0.15, 0.2) is 53.4 Å². The van der Waals surface area contributed by atoms with Crippen molar-refractivity contribution in [1.82, 2.24) is 9.21 Å². The minimum Gasteiger partial charge on any atom is -0.322 e. The maximum Gasteiger partial charge on any atom is 0.255 e. The first-order valence-corrected chi connectivity index (χ1v) is 9.22. The SMILES string of the molecule is CN(C)Cc1ccccc1NC(=O)c1ccc(S(=O)(=O)N(C)C)cc1. The minimum absolute atomic E-state index is 0.155. The second kappa shape index (κ2) is 7.77. The van der Waals surface area contributed by atoms with Gasteiger partial charge in [-0.05, 0) is 50.0 Å². The topological polar surface area (TPSA) is 69.7 Å². The molecule has 0 aromatic heterocycles. The summed E-state index contributed by atoms with van der Waals surface area (Å²) in [5, 5.41) is 2.89. The summed E-state index contributed by atoms with van der Waals surface area (Å²) in [5.74, 6) is -0.278. The summed E-state index contributed by atoms with van der Waals surface area (Å²) in [7, 11) is 3.36. The van der Waals surface area contributed by atoms with E-state index in [1.165, 1.54) is 38.4 Å². The molecule has 0 fully saturated rings. The number of rotatable bonds is 6. The molecule has 0 saturated carbocycles. The zero-order valence-electron chi connectivity index (χ0n) is 14.9. The van der Waals surface area contributed by atoms with E-state index in [1.807, 2.05) is 43.3 Å². The molecule has 25 heavy (non-hydrogen) atoms. The Kier molecular flexibility index (Phi) is 5.94. The van der Waals surface area contributed by atoms with Gasteiger partial charge in [0.1, 0.15) is 0 Å². The van der Waals surface area contributed by atoms with Crippen LogP contribution in [0.25, 0.3) is 0 Å². The summed E-state index contributed by atoms with van der Waals surface area (Å²) in [6, 6.07) is 13.5. The fourth-order valence-electron chi connectivity index (χ4n) is 2.30. The number of sulfonamides is 1. The van der Waals surface area contributed by atoms with Crippen molar-refractivity contribution in [2.45, 2.75) is 11.4 Å². The van der Waals surface area contributed by atoms with E-state index in [9.17, 15) is 13.2 Å². The van der Waals surface area contributed by atoms with Gasteiger partial charge in [-0.2, -0.15) is 0 Å². The Bertz CT molecular complexity index is 844. The van der Waals surface area contributed by atoms with Crippen LogP contribution in [0, 0.1) is 0 Å². The van der Waals surface area contributed by atoms with Gasteiger partial charge in [-0.25, -0.2) is 12.7 Å². The summed E-state index contributed by atoms with van der Waals surface area (Å²) in [4.78, 5) is 14.6. The number of anilines is 1. The molecule has 0 bridgehead atoms. The lowest BCUT2D eigenvalue weighted by atomic mass is 10.1. The van der Waals surface area contributed by atoms with E-state index in [2.05, 4.69) is 5.32 Å². The molecular weight excluding hydrogens is 338 g/mol. The molecule has 1 N–H and O–H groups in total. The highest BCUT2D eigenvalue weighted by Crippen LogP contribution is 2.19. The second-order valence-corrected chi connectivity index (χ2v) is 8.31. The number of nitrogens with one attached hydrogen (secondary N) is 1. The lowest BCUT2D eigenvalue weighted by Gasteiger charge is -2.15. The molecule has 2 rings (SSSR count). The summed E-state index contributed by atoms with van der Waals surface area (Å²) >= 11 is 0. The fourth-order valence-corrected chi connectivity index (χ4v) is 3.21. The molecule has 0 spiro atoms. The lowest BCUT2D eigenvalue weighted by molar-refractivity contribution is 0.102. The molecule has 0 radical (unpaired) electrons. The molecule has 0 aliphatic rings. The van der Waals surface area contributed by atoms with Crippen molar-refractivity contribution >= 4 is 21.6 Å². The number of hydrogen-bond donors (Lipinski definition) is 1. The van der Waals surface area contributed by atoms with Gasteiger partial charge in [-0.15, -0.1) is 0 Å². The molecule has 134 valence electrons. The summed E-state index contributed by atoms with van der Waals surface area (Å²) < 4.78 is 25.3. The number of amides is 1. The van der Waals surface area contributed by atoms with Crippen molar-refractivity contribution in [2.24, 2.45) is 0 Å². The van der Waals surface area contributed by atoms with Crippen LogP contribution in [0.5, 0.6) is 0 Å². The molecule has 6 nitrogen and oxygen atoms in total. The van der Waals surface area contributed by atoms with E-state index in [-0.39, 0.29) is 10.8 Å². The monoisotopic (exact) mass is 361 g/mol. The molecule has 1 amide bonds. The molecule has 2 aromatic rings. The van der Waals surface area contributed by atoms with Crippen molar-refractivity contribution < 1.29 is 13.2 Å². The first kappa shape index (κ1) is 19.1. The van der Waals surface area contributed by atoms with Gasteiger partial charge in [0, 0.05) is 31.9 Å². The summed E-state index contributed by atoms with van der Waals surface area (Å²) in [6.07, 6.45) is 0. The van der Waals surface area contributed by atoms with Gasteiger partial charge in [-0.3, -0.25) is 4.79 Å². The van der Waals surface area contributed by atoms with Crippen molar-refractivity contribution in [2.75, 3.05) is 33.5 Å². The van der Waals surface area contributed by atoms with Gasteiger partial charge in [0.05, 0.1) is 4.90 Å². The van der Waals surface area contributed by atoms with Crippen LogP contribution in [-0.2, 0) is 16.6 Å². The molecule has 0 saturated heterocycles. The van der Waals surface area contributed by atoms with Gasteiger partial charge in [0.25, 0.3) is 5.91 Å². The highest BCUT2D eigenvalue weighted by molar-refractivity contribution is 7.89. The number of hydrogen-bond acceptors (Lipinski definition) is 4. The number of para-hydroxylation sites is 1. The molecule has 2 aromatic carbocycles. The Balaban J connectivity index is 2.20. The Morgan fingerprint density at radius 3 is 2.12 bits per heavy atom. The van der Waals surface area contributed by atoms with Crippen LogP contribution < -0.4 is 5.32 Å². The van der Waals surface area contributed by atoms with Crippen molar-refractivity contribution in [3.63, 3.8) is 0 Å². The quantitative estimate of drug-likeness (QED) is 0.857. The van der Waals surface area contributed by atoms with E-state index in [4.69, 9.17) is 0 Å². The van der Waals surface area contributed by atoms with Crippen molar-refractivity contribution in [1.29, 1.82) is 0 Å². The smallest absolute Gasteiger partial charge is 0.255 e. The number of carbonyl (C=O) groups is 1. The largest absolute Gasteiger partial charge is 0.322 e. The number of nitrogens with zero attached hydrogens (tertiary/aromatic N) is 2. The highest BCUT2D eigenvalue weighted by Gasteiger charge is 2.17. The molecule has 0 unspecified atom stereocenters. The third-order valence-electron chi connectivity index (χ3n) is 3.65. The van der Waals surface area contributed by atoms with Crippen molar-refractivity contribution in [3.8, 4) is 0 Å². The van der Waals surface area contributed by atoms with Crippen LogP contribution in [0.1, 0.15) is 15.9 Å². The fraction of sp³-hybridized carbons (Fsp3) is 0.278. The van der Waals surface area contributed by atoms with E-state index >= 15 is 0 Å². The second-order valence-electron chi connectivity index (χ2n) is 6.16. The standard InChI is InChI=1S/C18H23N3O3S/c1-20(2)13-15-7-5-6-8-17(15)19-18(22)14-9-11-16(12-10-14)25(23,24)21(3)4/h5-12H,13H2,1-4H3,(H,19,22). The normalized spacial score (nSPS) is 11.8. The van der Waals surface area contributed by atoms with Crippen molar-refractivity contribution in [3.05, 3.63) is 59.7 Å². The van der Waals surface area contributed by atoms with Crippen LogP contribution >= 0.6 is 0 Å². The number of benzene rings is 2. The van der Waals surface area contributed by atoms with Gasteiger partial charge in [-0.1, -0.05) is 18.2 Å². The maximum absolute atomic E-state index is 12.5. The van der Waals surface area contributed by atoms with Gasteiger partial charge >= 0.3 is 0 Å². The van der Waals surface area contributed by atoms with Gasteiger partial charge in [0.2, 0.25) is 10.0 Å². The third kappa shape index (κ3) is 4.66. The predicted octanol–water partition coefficient (Wildman–Crippen LogP) is 2.25. The van der Waals surface area contributed by atoms with Gasteiger partial charge in [0.15, 0.2) is 0 Å². The van der Waals surface area contributed by atoms with E-state index in [1.54, 1.807) is 0 Å². The van der Waals surface area contributed by atoms with Crippen LogP contribution in [-0.4, -0.2) is 51.7 Å². The third-order valence-corrected chi connectivity index (χ3v) is 5.48. The molecule has 0 heterocycles. The molecule has 0 atom stereocenters. The zero-order valence-corrected chi connectivity index (χ0v) is 15.7. The summed E-state index contributed by atoms with van der Waals surface area (Å²) in [5.41, 5.74) is 2.15. The molecular formula is C18H23N3O3S. The Morgan fingerprint density at radius 1 is 0.960 bits per heavy atom. The van der Waals surface area contributed by atoms with E-state index in [0.717, 1.165) is 15.6 Å². The summed E-state index contributed by atoms with van der Waals surface area (Å²) in [6.45, 7) is 0.705. The van der Waals surface area contributed by atoms with Crippen LogP contribution in [0.2, 0.25) is 0 Å². The van der Waals surface area contributed by atoms with E-state index in [0.29, 0.717) is 12.1 Å². The average molecular weight is 361 g/mol. The first-order chi connectivity index (χ1) is 11.7. The Labute approximate surface area is 149 Å². The van der Waals surface area contributed by atoms with Gasteiger partial charge < -0.3 is 10.2 Å². The maximum atomic E-state index is 12.5. The molecule has 0 aliphatic heterocycles. The van der Waals surface area contributed by atoms with E-state index < -0.39 is 10.0 Å². The molecule has 0 aliphatic carbocycles. The predicted molar refractivity (Wildman–Crippen MR) is 99.1 cm³/mol. The first-order valence-electron chi connectivity index (χ1n) is 7.78. The Morgan fingerprint density at radius 2 is 1.56 bits per heavy atom. The molecule has 7 heteroatoms.